The highest BCUT2D eigenvalue weighted by Crippen LogP contribution is 2.13. The molecule has 1 aromatic carbocycles. The van der Waals surface area contributed by atoms with Gasteiger partial charge in [0.15, 0.2) is 5.96 Å². The van der Waals surface area contributed by atoms with Crippen LogP contribution in [0.2, 0.25) is 0 Å². The van der Waals surface area contributed by atoms with Crippen molar-refractivity contribution >= 4 is 27.3 Å². The minimum atomic E-state index is -3.56. The smallest absolute Gasteiger partial charge is 0.240 e. The lowest BCUT2D eigenvalue weighted by Crippen LogP contribution is -2.39. The van der Waals surface area contributed by atoms with Gasteiger partial charge >= 0.3 is 0 Å². The van der Waals surface area contributed by atoms with Crippen molar-refractivity contribution in [1.29, 1.82) is 0 Å². The van der Waals surface area contributed by atoms with Crippen LogP contribution in [0.4, 0.5) is 0 Å². The summed E-state index contributed by atoms with van der Waals surface area (Å²) in [6.07, 6.45) is 0.958. The number of sulfonamides is 1. The summed E-state index contributed by atoms with van der Waals surface area (Å²) in [5.41, 5.74) is 0.835. The van der Waals surface area contributed by atoms with Gasteiger partial charge in [-0.2, -0.15) is 0 Å². The second kappa shape index (κ2) is 11.9. The zero-order valence-electron chi connectivity index (χ0n) is 17.2. The summed E-state index contributed by atoms with van der Waals surface area (Å²) in [5, 5.41) is 5.38. The quantitative estimate of drug-likeness (QED) is 0.320. The van der Waals surface area contributed by atoms with Crippen molar-refractivity contribution in [3.8, 4) is 0 Å². The summed E-state index contributed by atoms with van der Waals surface area (Å²) in [4.78, 5) is 8.35. The van der Waals surface area contributed by atoms with Crippen molar-refractivity contribution < 1.29 is 13.2 Å². The molecule has 2 aromatic rings. The van der Waals surface area contributed by atoms with Crippen molar-refractivity contribution in [2.45, 2.75) is 24.8 Å². The minimum absolute atomic E-state index is 0.234. The van der Waals surface area contributed by atoms with E-state index in [4.69, 9.17) is 4.74 Å². The van der Waals surface area contributed by atoms with Crippen LogP contribution in [0.3, 0.4) is 0 Å². The van der Waals surface area contributed by atoms with Gasteiger partial charge in [-0.1, -0.05) is 18.2 Å². The van der Waals surface area contributed by atoms with Gasteiger partial charge in [0.2, 0.25) is 10.0 Å². The topological polar surface area (TPSA) is 83.0 Å². The van der Waals surface area contributed by atoms with E-state index < -0.39 is 10.0 Å². The predicted molar refractivity (Wildman–Crippen MR) is 119 cm³/mol. The predicted octanol–water partition coefficient (Wildman–Crippen LogP) is 2.31. The number of guanidine groups is 1. The van der Waals surface area contributed by atoms with E-state index in [9.17, 15) is 8.42 Å². The molecule has 9 heteroatoms. The zero-order valence-corrected chi connectivity index (χ0v) is 18.9. The van der Waals surface area contributed by atoms with Crippen LogP contribution in [0.5, 0.6) is 0 Å². The van der Waals surface area contributed by atoms with Crippen molar-refractivity contribution in [3.05, 3.63) is 52.2 Å². The summed E-state index contributed by atoms with van der Waals surface area (Å²) < 4.78 is 32.2. The Balaban J connectivity index is 2.04. The molecular weight excluding hydrogens is 408 g/mol. The lowest BCUT2D eigenvalue weighted by Gasteiger charge is -2.21. The van der Waals surface area contributed by atoms with Gasteiger partial charge < -0.3 is 15.0 Å². The van der Waals surface area contributed by atoms with Crippen LogP contribution in [0.1, 0.15) is 17.4 Å². The molecule has 1 aromatic heterocycles. The largest absolute Gasteiger partial charge is 0.383 e. The summed E-state index contributed by atoms with van der Waals surface area (Å²) in [5.74, 6) is 0.801. The highest BCUT2D eigenvalue weighted by Gasteiger charge is 2.14. The van der Waals surface area contributed by atoms with E-state index in [1.807, 2.05) is 20.0 Å². The molecular formula is C20H30N4O3S2. The van der Waals surface area contributed by atoms with E-state index in [2.05, 4.69) is 37.4 Å². The Bertz CT molecular complexity index is 868. The molecule has 0 atom stereocenters. The first-order chi connectivity index (χ1) is 14.0. The Labute approximate surface area is 177 Å². The number of hydrogen-bond acceptors (Lipinski definition) is 5. The van der Waals surface area contributed by atoms with Gasteiger partial charge in [-0.3, -0.25) is 0 Å². The Morgan fingerprint density at radius 1 is 1.28 bits per heavy atom. The molecule has 2 N–H and O–H groups in total. The maximum atomic E-state index is 12.4. The number of likely N-dealkylation sites (N-methyl/N-ethyl adjacent to an activating group) is 1. The number of ether oxygens (including phenoxy) is 1. The third-order valence-electron chi connectivity index (χ3n) is 4.19. The third-order valence-corrected chi connectivity index (χ3v) is 6.58. The fourth-order valence-corrected chi connectivity index (χ4v) is 4.43. The fraction of sp³-hybridized carbons (Fsp3) is 0.450. The molecule has 1 heterocycles. The van der Waals surface area contributed by atoms with Crippen LogP contribution in [-0.2, 0) is 27.7 Å². The van der Waals surface area contributed by atoms with Crippen molar-refractivity contribution in [2.75, 3.05) is 40.4 Å². The molecule has 0 saturated heterocycles. The second-order valence-corrected chi connectivity index (χ2v) is 9.26. The molecule has 0 spiro atoms. The molecule has 0 aliphatic carbocycles. The monoisotopic (exact) mass is 438 g/mol. The van der Waals surface area contributed by atoms with Gasteiger partial charge in [-0.15, -0.1) is 11.3 Å². The number of rotatable bonds is 11. The molecule has 160 valence electrons. The van der Waals surface area contributed by atoms with Crippen LogP contribution in [-0.4, -0.2) is 59.7 Å². The summed E-state index contributed by atoms with van der Waals surface area (Å²) >= 11 is 1.75. The lowest BCUT2D eigenvalue weighted by molar-refractivity contribution is 0.204. The fourth-order valence-electron chi connectivity index (χ4n) is 2.65. The standard InChI is InChI=1S/C20H30N4O3S2/c1-4-21-20(24(2)12-10-18-8-6-14-28-18)22-16-17-7-5-9-19(15-17)29(25,26)23-11-13-27-3/h5-9,14-15,23H,4,10-13,16H2,1-3H3,(H,21,22). The van der Waals surface area contributed by atoms with Gasteiger partial charge in [-0.05, 0) is 42.5 Å². The molecule has 0 aliphatic heterocycles. The lowest BCUT2D eigenvalue weighted by atomic mass is 10.2. The summed E-state index contributed by atoms with van der Waals surface area (Å²) in [6, 6.07) is 11.1. The Morgan fingerprint density at radius 3 is 2.79 bits per heavy atom. The van der Waals surface area contributed by atoms with Crippen molar-refractivity contribution in [1.82, 2.24) is 14.9 Å². The number of nitrogens with zero attached hydrogens (tertiary/aromatic N) is 2. The molecule has 0 amide bonds. The summed E-state index contributed by atoms with van der Waals surface area (Å²) in [7, 11) is -0.0136. The Hall–Kier alpha value is -1.94. The van der Waals surface area contributed by atoms with E-state index in [1.165, 1.54) is 12.0 Å². The molecule has 7 nitrogen and oxygen atoms in total. The highest BCUT2D eigenvalue weighted by molar-refractivity contribution is 7.89. The van der Waals surface area contributed by atoms with Gasteiger partial charge in [-0.25, -0.2) is 18.1 Å². The summed E-state index contributed by atoms with van der Waals surface area (Å²) in [6.45, 7) is 4.60. The number of hydrogen-bond donors (Lipinski definition) is 2. The molecule has 0 radical (unpaired) electrons. The van der Waals surface area contributed by atoms with E-state index in [0.717, 1.165) is 31.0 Å². The van der Waals surface area contributed by atoms with Gasteiger partial charge in [0.25, 0.3) is 0 Å². The molecule has 2 rings (SSSR count). The average Bonchev–Trinajstić information content (AvgIpc) is 3.23. The Morgan fingerprint density at radius 2 is 2.10 bits per heavy atom. The van der Waals surface area contributed by atoms with Crippen LogP contribution in [0.25, 0.3) is 0 Å². The van der Waals surface area contributed by atoms with E-state index >= 15 is 0 Å². The van der Waals surface area contributed by atoms with E-state index in [0.29, 0.717) is 13.2 Å². The zero-order chi connectivity index (χ0) is 21.1. The van der Waals surface area contributed by atoms with E-state index in [1.54, 1.807) is 29.5 Å². The first-order valence-corrected chi connectivity index (χ1v) is 11.9. The van der Waals surface area contributed by atoms with Crippen molar-refractivity contribution in [3.63, 3.8) is 0 Å². The van der Waals surface area contributed by atoms with Crippen LogP contribution < -0.4 is 10.0 Å². The van der Waals surface area contributed by atoms with Crippen LogP contribution in [0, 0.1) is 0 Å². The maximum absolute atomic E-state index is 12.4. The number of nitrogens with one attached hydrogen (secondary N) is 2. The minimum Gasteiger partial charge on any atom is -0.383 e. The first-order valence-electron chi connectivity index (χ1n) is 9.55. The molecule has 0 fully saturated rings. The SMILES string of the molecule is CCNC(=NCc1cccc(S(=O)(=O)NCCOC)c1)N(C)CCc1cccs1. The number of thiophene rings is 1. The number of aliphatic imine (C=N–C) groups is 1. The highest BCUT2D eigenvalue weighted by atomic mass is 32.2. The molecule has 29 heavy (non-hydrogen) atoms. The Kier molecular flexibility index (Phi) is 9.59. The second-order valence-electron chi connectivity index (χ2n) is 6.46. The van der Waals surface area contributed by atoms with E-state index in [-0.39, 0.29) is 11.4 Å². The van der Waals surface area contributed by atoms with Gasteiger partial charge in [0, 0.05) is 38.7 Å². The average molecular weight is 439 g/mol. The molecule has 0 bridgehead atoms. The van der Waals surface area contributed by atoms with Crippen LogP contribution >= 0.6 is 11.3 Å². The molecule has 0 saturated carbocycles. The van der Waals surface area contributed by atoms with Crippen LogP contribution in [0.15, 0.2) is 51.7 Å². The number of methoxy groups -OCH3 is 1. The number of benzene rings is 1. The molecule has 0 aliphatic rings. The maximum Gasteiger partial charge on any atom is 0.240 e. The van der Waals surface area contributed by atoms with Gasteiger partial charge in [0.05, 0.1) is 18.0 Å². The normalized spacial score (nSPS) is 12.2. The van der Waals surface area contributed by atoms with Crippen molar-refractivity contribution in [2.24, 2.45) is 4.99 Å². The third kappa shape index (κ3) is 7.77. The van der Waals surface area contributed by atoms with Gasteiger partial charge in [0.1, 0.15) is 0 Å². The molecule has 0 unspecified atom stereocenters. The first kappa shape index (κ1) is 23.3.